The molecule has 1 aliphatic rings. The van der Waals surface area contributed by atoms with Gasteiger partial charge >= 0.3 is 11.7 Å². The average molecular weight is 288 g/mol. The van der Waals surface area contributed by atoms with Crippen LogP contribution in [0, 0.1) is 0 Å². The van der Waals surface area contributed by atoms with E-state index in [4.69, 9.17) is 0 Å². The highest BCUT2D eigenvalue weighted by atomic mass is 16.2. The number of anilines is 1. The van der Waals surface area contributed by atoms with Crippen molar-refractivity contribution in [2.24, 2.45) is 0 Å². The van der Waals surface area contributed by atoms with Crippen LogP contribution in [0.5, 0.6) is 0 Å². The summed E-state index contributed by atoms with van der Waals surface area (Å²) in [4.78, 5) is 31.4. The summed E-state index contributed by atoms with van der Waals surface area (Å²) in [5, 5.41) is 8.77. The van der Waals surface area contributed by atoms with Gasteiger partial charge in [0.05, 0.1) is 6.54 Å². The van der Waals surface area contributed by atoms with Crippen LogP contribution in [0.15, 0.2) is 16.9 Å². The zero-order chi connectivity index (χ0) is 14.8. The van der Waals surface area contributed by atoms with Gasteiger partial charge in [-0.15, -0.1) is 0 Å². The topological polar surface area (TPSA) is 107 Å². The van der Waals surface area contributed by atoms with Crippen LogP contribution in [0.1, 0.15) is 23.5 Å². The molecule has 1 aliphatic carbocycles. The van der Waals surface area contributed by atoms with Gasteiger partial charge in [0.1, 0.15) is 5.82 Å². The summed E-state index contributed by atoms with van der Waals surface area (Å²) >= 11 is 0. The number of carbonyl (C=O) groups is 1. The van der Waals surface area contributed by atoms with Crippen LogP contribution in [-0.4, -0.2) is 38.1 Å². The third-order valence-corrected chi connectivity index (χ3v) is 3.45. The lowest BCUT2D eigenvalue weighted by atomic mass is 10.2. The molecule has 21 heavy (non-hydrogen) atoms. The van der Waals surface area contributed by atoms with E-state index in [2.05, 4.69) is 25.5 Å². The number of hydrogen-bond acceptors (Lipinski definition) is 4. The fourth-order valence-corrected chi connectivity index (χ4v) is 2.37. The molecule has 0 atom stereocenters. The highest BCUT2D eigenvalue weighted by Gasteiger charge is 2.15. The summed E-state index contributed by atoms with van der Waals surface area (Å²) in [6, 6.07) is 3.52. The van der Waals surface area contributed by atoms with Crippen LogP contribution in [0.25, 0.3) is 0 Å². The standard InChI is InChI=1S/C13H16N6O2/c1-19(7-11-15-12(20)18-17-11)13(21)16-10-6-5-8-3-2-4-9(8)14-10/h5-6H,2-4,7H2,1H3,(H,14,16,21)(H2,15,17,18,20). The zero-order valence-electron chi connectivity index (χ0n) is 11.6. The number of nitrogens with one attached hydrogen (secondary N) is 3. The van der Waals surface area contributed by atoms with Crippen LogP contribution in [0.4, 0.5) is 10.6 Å². The van der Waals surface area contributed by atoms with Gasteiger partial charge in [-0.1, -0.05) is 6.07 Å². The maximum atomic E-state index is 12.1. The summed E-state index contributed by atoms with van der Waals surface area (Å²) < 4.78 is 0. The van der Waals surface area contributed by atoms with E-state index >= 15 is 0 Å². The number of rotatable bonds is 3. The summed E-state index contributed by atoms with van der Waals surface area (Å²) in [7, 11) is 1.62. The summed E-state index contributed by atoms with van der Waals surface area (Å²) in [6.45, 7) is 0.204. The molecule has 0 saturated carbocycles. The SMILES string of the molecule is CN(Cc1n[nH]c(=O)[nH]1)C(=O)Nc1ccc2c(n1)CCC2. The van der Waals surface area contributed by atoms with Gasteiger partial charge in [0.25, 0.3) is 0 Å². The molecule has 0 radical (unpaired) electrons. The lowest BCUT2D eigenvalue weighted by Crippen LogP contribution is -2.31. The number of nitrogens with zero attached hydrogens (tertiary/aromatic N) is 3. The summed E-state index contributed by atoms with van der Waals surface area (Å²) in [5.74, 6) is 0.947. The predicted octanol–water partition coefficient (Wildman–Crippen LogP) is 0.646. The molecule has 0 saturated heterocycles. The fourth-order valence-electron chi connectivity index (χ4n) is 2.37. The van der Waals surface area contributed by atoms with Crippen molar-refractivity contribution in [1.82, 2.24) is 25.1 Å². The Morgan fingerprint density at radius 2 is 2.29 bits per heavy atom. The molecule has 2 aromatic rings. The van der Waals surface area contributed by atoms with E-state index in [0.717, 1.165) is 25.0 Å². The highest BCUT2D eigenvalue weighted by Crippen LogP contribution is 2.21. The number of pyridine rings is 1. The second kappa shape index (κ2) is 5.39. The number of aromatic amines is 2. The Balaban J connectivity index is 1.64. The first kappa shape index (κ1) is 13.3. The quantitative estimate of drug-likeness (QED) is 0.770. The van der Waals surface area contributed by atoms with Crippen molar-refractivity contribution in [2.45, 2.75) is 25.8 Å². The molecule has 0 aromatic carbocycles. The van der Waals surface area contributed by atoms with Crippen molar-refractivity contribution in [3.8, 4) is 0 Å². The molecular weight excluding hydrogens is 272 g/mol. The molecule has 110 valence electrons. The van der Waals surface area contributed by atoms with E-state index in [1.807, 2.05) is 12.1 Å². The average Bonchev–Trinajstić information content (AvgIpc) is 3.07. The molecule has 2 amide bonds. The van der Waals surface area contributed by atoms with E-state index < -0.39 is 0 Å². The number of urea groups is 1. The number of aromatic nitrogens is 4. The molecule has 8 heteroatoms. The molecule has 0 fully saturated rings. The molecule has 0 unspecified atom stereocenters. The minimum absolute atomic E-state index is 0.204. The van der Waals surface area contributed by atoms with Gasteiger partial charge in [0.2, 0.25) is 0 Å². The van der Waals surface area contributed by atoms with Crippen LogP contribution in [0.3, 0.4) is 0 Å². The fraction of sp³-hybridized carbons (Fsp3) is 0.385. The third kappa shape index (κ3) is 2.93. The molecule has 0 spiro atoms. The first-order valence-electron chi connectivity index (χ1n) is 6.76. The van der Waals surface area contributed by atoms with E-state index in [9.17, 15) is 9.59 Å². The second-order valence-corrected chi connectivity index (χ2v) is 5.07. The molecule has 0 bridgehead atoms. The maximum absolute atomic E-state index is 12.1. The van der Waals surface area contributed by atoms with Gasteiger partial charge in [-0.05, 0) is 30.9 Å². The number of fused-ring (bicyclic) bond motifs is 1. The van der Waals surface area contributed by atoms with Crippen LogP contribution < -0.4 is 11.0 Å². The highest BCUT2D eigenvalue weighted by molar-refractivity contribution is 5.88. The summed E-state index contributed by atoms with van der Waals surface area (Å²) in [6.07, 6.45) is 3.14. The lowest BCUT2D eigenvalue weighted by molar-refractivity contribution is 0.219. The van der Waals surface area contributed by atoms with Gasteiger partial charge in [-0.2, -0.15) is 5.10 Å². The molecular formula is C13H16N6O2. The van der Waals surface area contributed by atoms with E-state index in [0.29, 0.717) is 11.6 Å². The van der Waals surface area contributed by atoms with Gasteiger partial charge in [0, 0.05) is 12.7 Å². The smallest absolute Gasteiger partial charge is 0.320 e. The second-order valence-electron chi connectivity index (χ2n) is 5.07. The molecule has 2 aromatic heterocycles. The number of aryl methyl sites for hydroxylation is 2. The van der Waals surface area contributed by atoms with Crippen LogP contribution in [-0.2, 0) is 19.4 Å². The van der Waals surface area contributed by atoms with Crippen molar-refractivity contribution in [3.05, 3.63) is 39.7 Å². The van der Waals surface area contributed by atoms with Gasteiger partial charge in [-0.25, -0.2) is 19.7 Å². The zero-order valence-corrected chi connectivity index (χ0v) is 11.6. The number of carbonyl (C=O) groups excluding carboxylic acids is 1. The minimum Gasteiger partial charge on any atom is -0.320 e. The Bertz CT molecular complexity index is 719. The number of H-pyrrole nitrogens is 2. The monoisotopic (exact) mass is 288 g/mol. The molecule has 3 N–H and O–H groups in total. The first-order valence-corrected chi connectivity index (χ1v) is 6.76. The van der Waals surface area contributed by atoms with Gasteiger partial charge in [0.15, 0.2) is 5.82 Å². The van der Waals surface area contributed by atoms with Crippen molar-refractivity contribution in [1.29, 1.82) is 0 Å². The Labute approximate surface area is 120 Å². The van der Waals surface area contributed by atoms with Crippen molar-refractivity contribution in [3.63, 3.8) is 0 Å². The number of amides is 2. The first-order chi connectivity index (χ1) is 10.1. The van der Waals surface area contributed by atoms with Crippen LogP contribution >= 0.6 is 0 Å². The van der Waals surface area contributed by atoms with Crippen molar-refractivity contribution in [2.75, 3.05) is 12.4 Å². The summed E-state index contributed by atoms with van der Waals surface area (Å²) in [5.41, 5.74) is 1.93. The molecule has 2 heterocycles. The molecule has 0 aliphatic heterocycles. The van der Waals surface area contributed by atoms with E-state index in [1.54, 1.807) is 7.05 Å². The Morgan fingerprint density at radius 1 is 1.43 bits per heavy atom. The number of hydrogen-bond donors (Lipinski definition) is 3. The Hall–Kier alpha value is -2.64. The Kier molecular flexibility index (Phi) is 3.43. The Morgan fingerprint density at radius 3 is 3.05 bits per heavy atom. The van der Waals surface area contributed by atoms with E-state index in [1.165, 1.54) is 10.5 Å². The van der Waals surface area contributed by atoms with Crippen LogP contribution in [0.2, 0.25) is 0 Å². The van der Waals surface area contributed by atoms with Crippen molar-refractivity contribution >= 4 is 11.8 Å². The van der Waals surface area contributed by atoms with Gasteiger partial charge < -0.3 is 4.90 Å². The largest absolute Gasteiger partial charge is 0.340 e. The lowest BCUT2D eigenvalue weighted by Gasteiger charge is -2.16. The van der Waals surface area contributed by atoms with E-state index in [-0.39, 0.29) is 18.3 Å². The third-order valence-electron chi connectivity index (χ3n) is 3.45. The predicted molar refractivity (Wildman–Crippen MR) is 76.0 cm³/mol. The molecule has 3 rings (SSSR count). The maximum Gasteiger partial charge on any atom is 0.340 e. The van der Waals surface area contributed by atoms with Crippen molar-refractivity contribution < 1.29 is 4.79 Å². The normalized spacial score (nSPS) is 13.0. The van der Waals surface area contributed by atoms with Gasteiger partial charge in [-0.3, -0.25) is 10.3 Å². The molecule has 8 nitrogen and oxygen atoms in total. The minimum atomic E-state index is -0.390.